The van der Waals surface area contributed by atoms with Crippen LogP contribution in [-0.2, 0) is 16.1 Å². The second kappa shape index (κ2) is 9.85. The zero-order valence-electron chi connectivity index (χ0n) is 16.7. The van der Waals surface area contributed by atoms with E-state index in [0.29, 0.717) is 19.6 Å². The minimum absolute atomic E-state index is 0.0211. The summed E-state index contributed by atoms with van der Waals surface area (Å²) in [6, 6.07) is 12.8. The molecular weight excluding hydrogens is 370 g/mol. The fourth-order valence-corrected chi connectivity index (χ4v) is 4.30. The van der Waals surface area contributed by atoms with Crippen LogP contribution in [0.4, 0.5) is 0 Å². The molecule has 1 aliphatic heterocycles. The maximum atomic E-state index is 12.8. The van der Waals surface area contributed by atoms with Gasteiger partial charge in [0.05, 0.1) is 19.6 Å². The van der Waals surface area contributed by atoms with Gasteiger partial charge in [-0.1, -0.05) is 35.9 Å². The van der Waals surface area contributed by atoms with Crippen LogP contribution in [-0.4, -0.2) is 47.8 Å². The first-order valence-corrected chi connectivity index (χ1v) is 10.8. The summed E-state index contributed by atoms with van der Waals surface area (Å²) in [5, 5.41) is 4.89. The van der Waals surface area contributed by atoms with Crippen LogP contribution in [0.5, 0.6) is 0 Å². The quantitative estimate of drug-likeness (QED) is 0.741. The Morgan fingerprint density at radius 3 is 2.71 bits per heavy atom. The Balaban J connectivity index is 1.53. The summed E-state index contributed by atoms with van der Waals surface area (Å²) in [7, 11) is 0. The number of carbonyl (C=O) groups excluding carboxylic acids is 2. The molecule has 0 saturated carbocycles. The van der Waals surface area contributed by atoms with E-state index in [9.17, 15) is 9.59 Å². The van der Waals surface area contributed by atoms with Gasteiger partial charge in [0.25, 0.3) is 0 Å². The van der Waals surface area contributed by atoms with Gasteiger partial charge in [-0.3, -0.25) is 14.5 Å². The average Bonchev–Trinajstić information content (AvgIpc) is 3.37. The second-order valence-corrected chi connectivity index (χ2v) is 8.34. The molecule has 3 rings (SSSR count). The molecule has 0 radical (unpaired) electrons. The molecule has 1 aromatic heterocycles. The molecule has 1 unspecified atom stereocenters. The van der Waals surface area contributed by atoms with Crippen LogP contribution in [0.2, 0.25) is 0 Å². The number of likely N-dealkylation sites (tertiary alicyclic amines) is 1. The van der Waals surface area contributed by atoms with Crippen molar-refractivity contribution in [1.29, 1.82) is 0 Å². The number of carbonyl (C=O) groups is 2. The predicted octanol–water partition coefficient (Wildman–Crippen LogP) is 3.36. The molecule has 2 amide bonds. The Hall–Kier alpha value is -2.18. The van der Waals surface area contributed by atoms with Gasteiger partial charge in [-0.25, -0.2) is 0 Å². The highest BCUT2D eigenvalue weighted by atomic mass is 32.1. The molecule has 1 aromatic carbocycles. The van der Waals surface area contributed by atoms with Crippen LogP contribution >= 0.6 is 11.3 Å². The highest BCUT2D eigenvalue weighted by molar-refractivity contribution is 7.09. The lowest BCUT2D eigenvalue weighted by Crippen LogP contribution is -2.44. The number of nitrogens with one attached hydrogen (secondary N) is 1. The van der Waals surface area contributed by atoms with E-state index in [-0.39, 0.29) is 24.4 Å². The zero-order valence-corrected chi connectivity index (χ0v) is 17.5. The van der Waals surface area contributed by atoms with E-state index in [1.807, 2.05) is 24.4 Å². The SMILES string of the molecule is CCN(CC(=O)NCc1cccs1)C(=O)CN1CCCC1c1ccc(C)cc1. The third-order valence-corrected chi connectivity index (χ3v) is 6.15. The van der Waals surface area contributed by atoms with Crippen molar-refractivity contribution in [3.8, 4) is 0 Å². The van der Waals surface area contributed by atoms with Crippen molar-refractivity contribution in [3.05, 3.63) is 57.8 Å². The Morgan fingerprint density at radius 1 is 1.25 bits per heavy atom. The van der Waals surface area contributed by atoms with Crippen molar-refractivity contribution >= 4 is 23.2 Å². The highest BCUT2D eigenvalue weighted by Gasteiger charge is 2.29. The van der Waals surface area contributed by atoms with Gasteiger partial charge in [0, 0.05) is 17.5 Å². The van der Waals surface area contributed by atoms with Crippen LogP contribution in [0, 0.1) is 6.92 Å². The van der Waals surface area contributed by atoms with E-state index in [4.69, 9.17) is 0 Å². The van der Waals surface area contributed by atoms with Crippen molar-refractivity contribution in [3.63, 3.8) is 0 Å². The molecule has 1 atom stereocenters. The molecule has 150 valence electrons. The zero-order chi connectivity index (χ0) is 19.9. The molecule has 28 heavy (non-hydrogen) atoms. The molecule has 2 heterocycles. The summed E-state index contributed by atoms with van der Waals surface area (Å²) in [6.45, 7) is 6.47. The van der Waals surface area contributed by atoms with Crippen molar-refractivity contribution in [2.75, 3.05) is 26.2 Å². The molecule has 1 fully saturated rings. The number of nitrogens with zero attached hydrogens (tertiary/aromatic N) is 2. The van der Waals surface area contributed by atoms with Crippen molar-refractivity contribution in [2.24, 2.45) is 0 Å². The van der Waals surface area contributed by atoms with Gasteiger partial charge in [-0.05, 0) is 50.2 Å². The molecule has 1 N–H and O–H groups in total. The van der Waals surface area contributed by atoms with Gasteiger partial charge in [-0.2, -0.15) is 0 Å². The largest absolute Gasteiger partial charge is 0.350 e. The molecule has 1 saturated heterocycles. The Bertz CT molecular complexity index is 774. The Kier molecular flexibility index (Phi) is 7.23. The van der Waals surface area contributed by atoms with Crippen LogP contribution < -0.4 is 5.32 Å². The highest BCUT2D eigenvalue weighted by Crippen LogP contribution is 2.31. The van der Waals surface area contributed by atoms with E-state index in [0.717, 1.165) is 24.3 Å². The normalized spacial score (nSPS) is 16.9. The number of benzene rings is 1. The summed E-state index contributed by atoms with van der Waals surface area (Å²) in [5.74, 6) is -0.0899. The fourth-order valence-electron chi connectivity index (χ4n) is 3.66. The Labute approximate surface area is 171 Å². The van der Waals surface area contributed by atoms with E-state index in [1.165, 1.54) is 11.1 Å². The molecule has 0 aliphatic carbocycles. The maximum Gasteiger partial charge on any atom is 0.239 e. The second-order valence-electron chi connectivity index (χ2n) is 7.30. The van der Waals surface area contributed by atoms with Crippen molar-refractivity contribution in [2.45, 2.75) is 39.3 Å². The maximum absolute atomic E-state index is 12.8. The minimum atomic E-state index is -0.111. The number of hydrogen-bond donors (Lipinski definition) is 1. The van der Waals surface area contributed by atoms with Gasteiger partial charge >= 0.3 is 0 Å². The number of thiophene rings is 1. The van der Waals surface area contributed by atoms with Gasteiger partial charge in [0.2, 0.25) is 11.8 Å². The lowest BCUT2D eigenvalue weighted by Gasteiger charge is -2.28. The first kappa shape index (κ1) is 20.6. The number of aryl methyl sites for hydroxylation is 1. The number of likely N-dealkylation sites (N-methyl/N-ethyl adjacent to an activating group) is 1. The predicted molar refractivity (Wildman–Crippen MR) is 113 cm³/mol. The van der Waals surface area contributed by atoms with Crippen LogP contribution in [0.15, 0.2) is 41.8 Å². The first-order chi connectivity index (χ1) is 13.6. The van der Waals surface area contributed by atoms with Crippen LogP contribution in [0.25, 0.3) is 0 Å². The summed E-state index contributed by atoms with van der Waals surface area (Å²) in [6.07, 6.45) is 2.17. The first-order valence-electron chi connectivity index (χ1n) is 9.94. The number of rotatable bonds is 8. The average molecular weight is 400 g/mol. The molecule has 0 bridgehead atoms. The standard InChI is InChI=1S/C22H29N3O2S/c1-3-24(15-21(26)23-14-19-6-5-13-28-19)22(27)16-25-12-4-7-20(25)18-10-8-17(2)9-11-18/h5-6,8-11,13,20H,3-4,7,12,14-16H2,1-2H3,(H,23,26). The van der Waals surface area contributed by atoms with E-state index < -0.39 is 0 Å². The summed E-state index contributed by atoms with van der Waals surface area (Å²) in [4.78, 5) is 30.1. The summed E-state index contributed by atoms with van der Waals surface area (Å²) >= 11 is 1.61. The smallest absolute Gasteiger partial charge is 0.239 e. The van der Waals surface area contributed by atoms with Crippen molar-refractivity contribution < 1.29 is 9.59 Å². The van der Waals surface area contributed by atoms with Gasteiger partial charge in [-0.15, -0.1) is 11.3 Å². The molecule has 5 nitrogen and oxygen atoms in total. The minimum Gasteiger partial charge on any atom is -0.350 e. The molecule has 2 aromatic rings. The topological polar surface area (TPSA) is 52.7 Å². The number of amides is 2. The third-order valence-electron chi connectivity index (χ3n) is 5.27. The molecule has 1 aliphatic rings. The van der Waals surface area contributed by atoms with Crippen molar-refractivity contribution in [1.82, 2.24) is 15.1 Å². The molecule has 6 heteroatoms. The van der Waals surface area contributed by atoms with E-state index in [2.05, 4.69) is 41.4 Å². The third kappa shape index (κ3) is 5.42. The fraction of sp³-hybridized carbons (Fsp3) is 0.455. The lowest BCUT2D eigenvalue weighted by atomic mass is 10.0. The monoisotopic (exact) mass is 399 g/mol. The van der Waals surface area contributed by atoms with Gasteiger partial charge < -0.3 is 10.2 Å². The van der Waals surface area contributed by atoms with Gasteiger partial charge in [0.1, 0.15) is 0 Å². The van der Waals surface area contributed by atoms with E-state index >= 15 is 0 Å². The van der Waals surface area contributed by atoms with E-state index in [1.54, 1.807) is 16.2 Å². The Morgan fingerprint density at radius 2 is 2.04 bits per heavy atom. The van der Waals surface area contributed by atoms with Crippen LogP contribution in [0.3, 0.4) is 0 Å². The summed E-state index contributed by atoms with van der Waals surface area (Å²) in [5.41, 5.74) is 2.52. The molecular formula is C22H29N3O2S. The van der Waals surface area contributed by atoms with Crippen LogP contribution in [0.1, 0.15) is 41.8 Å². The summed E-state index contributed by atoms with van der Waals surface area (Å²) < 4.78 is 0. The lowest BCUT2D eigenvalue weighted by molar-refractivity contribution is -0.137. The van der Waals surface area contributed by atoms with Gasteiger partial charge in [0.15, 0.2) is 0 Å². The number of hydrogen-bond acceptors (Lipinski definition) is 4. The molecule has 0 spiro atoms.